The number of halogens is 3. The molecule has 300 valence electrons. The number of carbonyl (C=O) groups is 1. The maximum atomic E-state index is 14.1. The molecule has 12 nitrogen and oxygen atoms in total. The zero-order valence-electron chi connectivity index (χ0n) is 32.7. The lowest BCUT2D eigenvalue weighted by Gasteiger charge is -2.33. The highest BCUT2D eigenvalue weighted by Gasteiger charge is 2.32. The van der Waals surface area contributed by atoms with Gasteiger partial charge in [-0.15, -0.1) is 0 Å². The summed E-state index contributed by atoms with van der Waals surface area (Å²) in [7, 11) is 5.05. The Morgan fingerprint density at radius 2 is 1.79 bits per heavy atom. The smallest absolute Gasteiger partial charge is 0.308 e. The summed E-state index contributed by atoms with van der Waals surface area (Å²) in [5.41, 5.74) is 5.60. The largest absolute Gasteiger partial charge is 0.480 e. The van der Waals surface area contributed by atoms with Crippen molar-refractivity contribution in [3.63, 3.8) is 0 Å². The average molecular weight is 801 g/mol. The molecule has 7 rings (SSSR count). The molecule has 0 amide bonds. The van der Waals surface area contributed by atoms with E-state index < -0.39 is 17.9 Å². The van der Waals surface area contributed by atoms with Crippen LogP contribution in [-0.4, -0.2) is 91.8 Å². The van der Waals surface area contributed by atoms with E-state index in [-0.39, 0.29) is 17.7 Å². The number of anilines is 2. The molecule has 0 spiro atoms. The number of hydrogen-bond donors (Lipinski definition) is 2. The first kappa shape index (κ1) is 40.3. The summed E-state index contributed by atoms with van der Waals surface area (Å²) < 4.78 is 38.9. The number of benzene rings is 2. The molecule has 1 atom stereocenters. The van der Waals surface area contributed by atoms with Crippen LogP contribution in [0.2, 0.25) is 5.02 Å². The molecule has 4 heterocycles. The molecule has 2 fully saturated rings. The summed E-state index contributed by atoms with van der Waals surface area (Å²) in [4.78, 5) is 38.9. The Kier molecular flexibility index (Phi) is 12.0. The number of hydrogen-bond acceptors (Lipinski definition) is 12. The van der Waals surface area contributed by atoms with Crippen LogP contribution in [0.15, 0.2) is 54.9 Å². The number of fused-ring (bicyclic) bond motifs is 1. The minimum Gasteiger partial charge on any atom is -0.480 e. The van der Waals surface area contributed by atoms with E-state index in [1.165, 1.54) is 7.11 Å². The molecule has 57 heavy (non-hydrogen) atoms. The van der Waals surface area contributed by atoms with Crippen LogP contribution in [0.3, 0.4) is 0 Å². The van der Waals surface area contributed by atoms with E-state index in [0.29, 0.717) is 76.7 Å². The van der Waals surface area contributed by atoms with Crippen LogP contribution < -0.4 is 10.1 Å². The van der Waals surface area contributed by atoms with Gasteiger partial charge in [0.2, 0.25) is 5.88 Å². The van der Waals surface area contributed by atoms with Crippen LogP contribution in [-0.2, 0) is 22.6 Å². The van der Waals surface area contributed by atoms with Gasteiger partial charge in [0, 0.05) is 55.2 Å². The van der Waals surface area contributed by atoms with Gasteiger partial charge in [-0.3, -0.25) is 24.6 Å². The summed E-state index contributed by atoms with van der Waals surface area (Å²) in [5.74, 6) is -0.227. The summed E-state index contributed by atoms with van der Waals surface area (Å²) in [6.45, 7) is 6.00. The van der Waals surface area contributed by atoms with Gasteiger partial charge in [0.25, 0.3) is 6.43 Å². The number of alkyl halides is 2. The number of aliphatic hydroxyl groups is 1. The summed E-state index contributed by atoms with van der Waals surface area (Å²) in [5, 5.41) is 14.1. The number of pyridine rings is 1. The quantitative estimate of drug-likeness (QED) is 0.119. The van der Waals surface area contributed by atoms with E-state index in [9.17, 15) is 18.7 Å². The van der Waals surface area contributed by atoms with Gasteiger partial charge in [-0.1, -0.05) is 41.9 Å². The van der Waals surface area contributed by atoms with Gasteiger partial charge in [0.05, 0.1) is 48.2 Å². The van der Waals surface area contributed by atoms with Crippen LogP contribution in [0.1, 0.15) is 68.1 Å². The van der Waals surface area contributed by atoms with Crippen LogP contribution >= 0.6 is 11.6 Å². The maximum absolute atomic E-state index is 14.1. The van der Waals surface area contributed by atoms with Gasteiger partial charge in [-0.25, -0.2) is 23.7 Å². The Morgan fingerprint density at radius 1 is 1.05 bits per heavy atom. The number of methoxy groups -OCH3 is 2. The molecule has 0 bridgehead atoms. The van der Waals surface area contributed by atoms with Crippen molar-refractivity contribution in [2.75, 3.05) is 39.7 Å². The first-order valence-corrected chi connectivity index (χ1v) is 19.4. The van der Waals surface area contributed by atoms with Gasteiger partial charge in [0.1, 0.15) is 11.2 Å². The number of nitrogens with zero attached hydrogens (tertiary/aromatic N) is 7. The Bertz CT molecular complexity index is 2270. The van der Waals surface area contributed by atoms with E-state index in [1.54, 1.807) is 25.6 Å². The molecular formula is C42H47ClF2N8O4. The first-order valence-electron chi connectivity index (χ1n) is 19.1. The van der Waals surface area contributed by atoms with Crippen LogP contribution in [0, 0.1) is 12.8 Å². The summed E-state index contributed by atoms with van der Waals surface area (Å²) in [6.07, 6.45) is 4.52. The molecule has 0 radical (unpaired) electrons. The fourth-order valence-electron chi connectivity index (χ4n) is 7.99. The lowest BCUT2D eigenvalue weighted by atomic mass is 9.85. The van der Waals surface area contributed by atoms with Gasteiger partial charge in [-0.05, 0) is 81.8 Å². The second-order valence-electron chi connectivity index (χ2n) is 15.3. The molecule has 1 saturated carbocycles. The molecule has 2 aromatic carbocycles. The van der Waals surface area contributed by atoms with Gasteiger partial charge >= 0.3 is 5.97 Å². The number of carbonyl (C=O) groups excluding carboxylic acids is 1. The van der Waals surface area contributed by atoms with E-state index >= 15 is 0 Å². The second kappa shape index (κ2) is 16.9. The number of β-amino-alcohol motifs (C(OH)–C–C–N with tert-alkyl or cyclic N) is 1. The van der Waals surface area contributed by atoms with Crippen molar-refractivity contribution in [1.29, 1.82) is 0 Å². The third-order valence-corrected chi connectivity index (χ3v) is 11.6. The third-order valence-electron chi connectivity index (χ3n) is 11.2. The molecule has 0 unspecified atom stereocenters. The number of aromatic nitrogens is 5. The van der Waals surface area contributed by atoms with Gasteiger partial charge < -0.3 is 19.9 Å². The predicted molar refractivity (Wildman–Crippen MR) is 215 cm³/mol. The summed E-state index contributed by atoms with van der Waals surface area (Å²) >= 11 is 7.15. The number of ether oxygens (including phenoxy) is 2. The van der Waals surface area contributed by atoms with Crippen molar-refractivity contribution in [2.45, 2.75) is 77.1 Å². The maximum Gasteiger partial charge on any atom is 0.308 e. The molecule has 2 aliphatic rings. The van der Waals surface area contributed by atoms with Crippen molar-refractivity contribution in [3.05, 3.63) is 82.5 Å². The lowest BCUT2D eigenvalue weighted by Crippen LogP contribution is -2.36. The highest BCUT2D eigenvalue weighted by molar-refractivity contribution is 6.36. The summed E-state index contributed by atoms with van der Waals surface area (Å²) in [6, 6.07) is 13.4. The number of nitrogens with one attached hydrogen (secondary N) is 1. The van der Waals surface area contributed by atoms with Crippen molar-refractivity contribution >= 4 is 40.1 Å². The Labute approximate surface area is 335 Å². The minimum absolute atomic E-state index is 0.0472. The average Bonchev–Trinajstić information content (AvgIpc) is 3.55. The molecule has 1 aliphatic carbocycles. The molecule has 1 saturated heterocycles. The van der Waals surface area contributed by atoms with E-state index in [2.05, 4.69) is 30.1 Å². The van der Waals surface area contributed by atoms with Crippen LogP contribution in [0.5, 0.6) is 5.88 Å². The molecule has 15 heteroatoms. The zero-order valence-corrected chi connectivity index (χ0v) is 33.5. The van der Waals surface area contributed by atoms with Crippen molar-refractivity contribution in [1.82, 2.24) is 34.7 Å². The molecule has 1 aliphatic heterocycles. The van der Waals surface area contributed by atoms with Crippen LogP contribution in [0.4, 0.5) is 20.3 Å². The first-order chi connectivity index (χ1) is 27.3. The topological polar surface area (TPSA) is 139 Å². The fraction of sp³-hybridized carbons (Fsp3) is 0.429. The van der Waals surface area contributed by atoms with Crippen molar-refractivity contribution < 1.29 is 28.2 Å². The SMILES string of the molecule is COC(=O)C1CCC(N(C)Cc2ncc(-c3cccc(-c4cccc(Nc5nc(C(F)F)nc6cc(CN7CC[C@@](C)(O)C7)cnc56)c4C)c3Cl)nc2OC)CC1. The Morgan fingerprint density at radius 3 is 2.49 bits per heavy atom. The highest BCUT2D eigenvalue weighted by atomic mass is 35.5. The molecular weight excluding hydrogens is 754 g/mol. The molecule has 5 aromatic rings. The zero-order chi connectivity index (χ0) is 40.4. The van der Waals surface area contributed by atoms with E-state index in [0.717, 1.165) is 54.5 Å². The number of rotatable bonds is 12. The van der Waals surface area contributed by atoms with E-state index in [4.69, 9.17) is 31.0 Å². The fourth-order valence-corrected chi connectivity index (χ4v) is 8.32. The number of likely N-dealkylation sites (tertiary alicyclic amines) is 1. The highest BCUT2D eigenvalue weighted by Crippen LogP contribution is 2.40. The normalized spacial score (nSPS) is 20.1. The Balaban J connectivity index is 1.13. The third kappa shape index (κ3) is 8.84. The monoisotopic (exact) mass is 800 g/mol. The van der Waals surface area contributed by atoms with E-state index in [1.807, 2.05) is 57.3 Å². The van der Waals surface area contributed by atoms with Crippen molar-refractivity contribution in [2.24, 2.45) is 5.92 Å². The second-order valence-corrected chi connectivity index (χ2v) is 15.7. The Hall–Kier alpha value is -4.89. The minimum atomic E-state index is -2.89. The molecule has 3 aromatic heterocycles. The van der Waals surface area contributed by atoms with Gasteiger partial charge in [0.15, 0.2) is 11.6 Å². The van der Waals surface area contributed by atoms with Gasteiger partial charge in [-0.2, -0.15) is 0 Å². The number of esters is 1. The predicted octanol–water partition coefficient (Wildman–Crippen LogP) is 7.92. The molecule has 2 N–H and O–H groups in total. The lowest BCUT2D eigenvalue weighted by molar-refractivity contribution is -0.146. The van der Waals surface area contributed by atoms with Crippen molar-refractivity contribution in [3.8, 4) is 28.3 Å². The standard InChI is InChI=1S/C42H47ClF2N8O4/c1-24-28(8-7-11-31(24)48-38-36-32(49-39(51-38)37(44)45)18-25(19-47-36)21-53-17-16-42(2,55)23-53)29-9-6-10-30(35(29)43)33-20-46-34(40(50-33)56-4)22-52(3)27-14-12-26(13-15-27)41(54)57-5/h6-11,18-20,26-27,37,55H,12-17,21-23H2,1-5H3,(H,48,49,51)/t26?,27?,42-/m1/s1. The van der Waals surface area contributed by atoms with Crippen LogP contribution in [0.25, 0.3) is 33.4 Å².